The molecule has 12 heteroatoms. The van der Waals surface area contributed by atoms with Crippen LogP contribution in [-0.2, 0) is 15.4 Å². The van der Waals surface area contributed by atoms with E-state index in [9.17, 15) is 13.2 Å². The number of aromatic nitrogens is 3. The van der Waals surface area contributed by atoms with Gasteiger partial charge in [0, 0.05) is 49.4 Å². The first kappa shape index (κ1) is 32.2. The van der Waals surface area contributed by atoms with Crippen molar-refractivity contribution in [2.45, 2.75) is 75.9 Å². The summed E-state index contributed by atoms with van der Waals surface area (Å²) in [4.78, 5) is 35.1. The first-order chi connectivity index (χ1) is 21.7. The molecular formula is C34H46N8O3S. The minimum Gasteiger partial charge on any atom is -0.362 e. The van der Waals surface area contributed by atoms with Crippen LogP contribution in [0.1, 0.15) is 81.7 Å². The molecular weight excluding hydrogens is 600 g/mol. The number of pyridine rings is 3. The second kappa shape index (κ2) is 12.1. The molecule has 3 aromatic rings. The summed E-state index contributed by atoms with van der Waals surface area (Å²) in [6.07, 6.45) is 2.57. The third kappa shape index (κ3) is 6.69. The molecule has 0 spiro atoms. The summed E-state index contributed by atoms with van der Waals surface area (Å²) in [5, 5.41) is 3.27. The Morgan fingerprint density at radius 3 is 2.39 bits per heavy atom. The molecule has 1 amide bonds. The number of carbonyl (C=O) groups is 1. The highest BCUT2D eigenvalue weighted by molar-refractivity contribution is 7.90. The van der Waals surface area contributed by atoms with E-state index in [0.717, 1.165) is 62.6 Å². The van der Waals surface area contributed by atoms with Crippen LogP contribution >= 0.6 is 0 Å². The summed E-state index contributed by atoms with van der Waals surface area (Å²) in [6, 6.07) is 14.2. The van der Waals surface area contributed by atoms with Gasteiger partial charge in [0.25, 0.3) is 15.9 Å². The summed E-state index contributed by atoms with van der Waals surface area (Å²) in [5.41, 5.74) is 1.40. The lowest BCUT2D eigenvalue weighted by molar-refractivity contribution is 0.0981. The molecule has 2 atom stereocenters. The minimum absolute atomic E-state index is 0.201. The number of amides is 1. The van der Waals surface area contributed by atoms with Crippen molar-refractivity contribution in [3.8, 4) is 0 Å². The van der Waals surface area contributed by atoms with Crippen LogP contribution in [0.5, 0.6) is 0 Å². The minimum atomic E-state index is -4.28. The zero-order valence-electron chi connectivity index (χ0n) is 27.7. The van der Waals surface area contributed by atoms with Crippen molar-refractivity contribution in [1.82, 2.24) is 24.6 Å². The molecule has 3 aliphatic heterocycles. The average Bonchev–Trinajstić information content (AvgIpc) is 3.32. The number of piperazine rings is 1. The predicted molar refractivity (Wildman–Crippen MR) is 181 cm³/mol. The van der Waals surface area contributed by atoms with Crippen molar-refractivity contribution in [2.24, 2.45) is 5.92 Å². The molecule has 2 N–H and O–H groups in total. The molecule has 2 saturated heterocycles. The van der Waals surface area contributed by atoms with Gasteiger partial charge in [-0.15, -0.1) is 0 Å². The maximum atomic E-state index is 13.7. The second-order valence-corrected chi connectivity index (χ2v) is 16.2. The molecule has 6 rings (SSSR count). The van der Waals surface area contributed by atoms with Crippen molar-refractivity contribution in [1.29, 1.82) is 0 Å². The van der Waals surface area contributed by atoms with Gasteiger partial charge in [-0.05, 0) is 82.5 Å². The second-order valence-electron chi connectivity index (χ2n) is 14.6. The summed E-state index contributed by atoms with van der Waals surface area (Å²) in [6.45, 7) is 15.1. The normalized spacial score (nSPS) is 23.5. The van der Waals surface area contributed by atoms with Gasteiger partial charge in [-0.1, -0.05) is 32.9 Å². The van der Waals surface area contributed by atoms with Crippen molar-refractivity contribution >= 4 is 33.4 Å². The predicted octanol–water partition coefficient (Wildman–Crippen LogP) is 4.59. The summed E-state index contributed by atoms with van der Waals surface area (Å²) in [5.74, 6) is 1.47. The van der Waals surface area contributed by atoms with E-state index in [1.165, 1.54) is 6.07 Å². The lowest BCUT2D eigenvalue weighted by atomic mass is 9.90. The van der Waals surface area contributed by atoms with Crippen LogP contribution in [0.3, 0.4) is 0 Å². The number of fused-ring (bicyclic) bond motifs is 6. The molecule has 3 aliphatic rings. The Morgan fingerprint density at radius 2 is 1.65 bits per heavy atom. The number of hydrogen-bond donors (Lipinski definition) is 2. The van der Waals surface area contributed by atoms with Crippen LogP contribution < -0.4 is 19.8 Å². The lowest BCUT2D eigenvalue weighted by Gasteiger charge is -2.34. The molecule has 246 valence electrons. The van der Waals surface area contributed by atoms with Crippen molar-refractivity contribution in [3.05, 3.63) is 65.5 Å². The van der Waals surface area contributed by atoms with Gasteiger partial charge in [-0.25, -0.2) is 19.7 Å². The molecule has 0 saturated carbocycles. The number of hydrogen-bond acceptors (Lipinski definition) is 10. The molecule has 4 bridgehead atoms. The SMILES string of the molecule is CN1CCN(c2cccc([C@@H]3CC[C@@H]4CN(c5nc(C(C)(C)C)ccc5C(=O)NS(=O)(=O)c5cccc(n5)N3)C(C)(C)C4)n2)CC1. The fraction of sp³-hybridized carbons (Fsp3) is 0.529. The number of nitrogens with zero attached hydrogens (tertiary/aromatic N) is 6. The number of rotatable bonds is 2. The fourth-order valence-electron chi connectivity index (χ4n) is 6.80. The molecule has 3 aromatic heterocycles. The maximum absolute atomic E-state index is 13.7. The van der Waals surface area contributed by atoms with E-state index in [1.54, 1.807) is 18.2 Å². The van der Waals surface area contributed by atoms with E-state index in [4.69, 9.17) is 9.97 Å². The average molecular weight is 647 g/mol. The van der Waals surface area contributed by atoms with E-state index in [0.29, 0.717) is 24.1 Å². The van der Waals surface area contributed by atoms with E-state index in [1.807, 2.05) is 18.2 Å². The Balaban J connectivity index is 1.40. The summed E-state index contributed by atoms with van der Waals surface area (Å²) in [7, 11) is -2.15. The van der Waals surface area contributed by atoms with Gasteiger partial charge in [0.1, 0.15) is 17.5 Å². The third-order valence-electron chi connectivity index (χ3n) is 9.46. The molecule has 0 radical (unpaired) electrons. The van der Waals surface area contributed by atoms with Crippen LogP contribution in [-0.4, -0.2) is 79.5 Å². The quantitative estimate of drug-likeness (QED) is 0.409. The Bertz CT molecular complexity index is 1710. The molecule has 11 nitrogen and oxygen atoms in total. The highest BCUT2D eigenvalue weighted by atomic mass is 32.2. The third-order valence-corrected chi connectivity index (χ3v) is 10.7. The van der Waals surface area contributed by atoms with E-state index >= 15 is 0 Å². The fourth-order valence-corrected chi connectivity index (χ4v) is 7.73. The molecule has 0 unspecified atom stereocenters. The standard InChI is InChI=1S/C34H46N8O3S/c1-33(2,3)27-16-14-24-31(37-27)42-22-23(21-34(42,4)5)13-15-26(25-9-7-11-29(36-25)41-19-17-40(6)18-20-41)35-28-10-8-12-30(38-28)46(44,45)39-32(24)43/h7-12,14,16,23,26H,13,15,17-22H2,1-6H3,(H,35,38)(H,39,43)/t23-,26-/m0/s1. The first-order valence-corrected chi connectivity index (χ1v) is 17.7. The van der Waals surface area contributed by atoms with Gasteiger partial charge in [-0.2, -0.15) is 8.42 Å². The van der Waals surface area contributed by atoms with Gasteiger partial charge in [-0.3, -0.25) is 4.79 Å². The Kier molecular flexibility index (Phi) is 8.47. The zero-order valence-corrected chi connectivity index (χ0v) is 28.6. The van der Waals surface area contributed by atoms with Gasteiger partial charge in [0.2, 0.25) is 0 Å². The Hall–Kier alpha value is -3.77. The van der Waals surface area contributed by atoms with E-state index < -0.39 is 15.9 Å². The summed E-state index contributed by atoms with van der Waals surface area (Å²) >= 11 is 0. The highest BCUT2D eigenvalue weighted by Gasteiger charge is 2.41. The molecule has 0 aromatic carbocycles. The van der Waals surface area contributed by atoms with Crippen LogP contribution in [0, 0.1) is 5.92 Å². The smallest absolute Gasteiger partial charge is 0.281 e. The van der Waals surface area contributed by atoms with Crippen molar-refractivity contribution in [2.75, 3.05) is 54.9 Å². The largest absolute Gasteiger partial charge is 0.362 e. The molecule has 0 aliphatic carbocycles. The van der Waals surface area contributed by atoms with Crippen LogP contribution in [0.4, 0.5) is 17.5 Å². The zero-order chi connectivity index (χ0) is 32.9. The first-order valence-electron chi connectivity index (χ1n) is 16.2. The van der Waals surface area contributed by atoms with Gasteiger partial charge in [0.15, 0.2) is 5.03 Å². The van der Waals surface area contributed by atoms with Gasteiger partial charge in [0.05, 0.1) is 17.3 Å². The van der Waals surface area contributed by atoms with Crippen LogP contribution in [0.2, 0.25) is 0 Å². The number of sulfonamides is 1. The van der Waals surface area contributed by atoms with Gasteiger partial charge >= 0.3 is 0 Å². The molecule has 46 heavy (non-hydrogen) atoms. The topological polar surface area (TPSA) is 124 Å². The van der Waals surface area contributed by atoms with Gasteiger partial charge < -0.3 is 20.0 Å². The number of likely N-dealkylation sites (N-methyl/N-ethyl adjacent to an activating group) is 1. The molecule has 6 heterocycles. The monoisotopic (exact) mass is 646 g/mol. The van der Waals surface area contributed by atoms with Crippen molar-refractivity contribution in [3.63, 3.8) is 0 Å². The Labute approximate surface area is 272 Å². The molecule has 2 fully saturated rings. The van der Waals surface area contributed by atoms with Crippen LogP contribution in [0.15, 0.2) is 53.6 Å². The van der Waals surface area contributed by atoms with E-state index in [-0.39, 0.29) is 27.6 Å². The maximum Gasteiger partial charge on any atom is 0.281 e. The lowest BCUT2D eigenvalue weighted by Crippen LogP contribution is -2.44. The highest BCUT2D eigenvalue weighted by Crippen LogP contribution is 2.41. The number of carbonyl (C=O) groups excluding carboxylic acids is 1. The number of nitrogens with one attached hydrogen (secondary N) is 2. The van der Waals surface area contributed by atoms with Crippen molar-refractivity contribution < 1.29 is 13.2 Å². The van der Waals surface area contributed by atoms with E-state index in [2.05, 4.69) is 77.5 Å². The Morgan fingerprint density at radius 1 is 0.913 bits per heavy atom. The summed E-state index contributed by atoms with van der Waals surface area (Å²) < 4.78 is 29.4. The number of anilines is 3. The van der Waals surface area contributed by atoms with Crippen LogP contribution in [0.25, 0.3) is 0 Å².